The molecule has 2 aromatic carbocycles. The van der Waals surface area contributed by atoms with E-state index in [0.717, 1.165) is 23.3 Å². The van der Waals surface area contributed by atoms with Gasteiger partial charge in [0.05, 0.1) is 12.8 Å². The van der Waals surface area contributed by atoms with E-state index in [0.29, 0.717) is 18.2 Å². The minimum Gasteiger partial charge on any atom is -0.494 e. The smallest absolute Gasteiger partial charge is 0.329 e. The summed E-state index contributed by atoms with van der Waals surface area (Å²) < 4.78 is 5.49. The first-order valence-electron chi connectivity index (χ1n) is 8.96. The Morgan fingerprint density at radius 1 is 1.04 bits per heavy atom. The summed E-state index contributed by atoms with van der Waals surface area (Å²) in [5.74, 6) is -0.421. The fourth-order valence-corrected chi connectivity index (χ4v) is 2.23. The van der Waals surface area contributed by atoms with Crippen molar-refractivity contribution in [2.24, 2.45) is 5.10 Å². The summed E-state index contributed by atoms with van der Waals surface area (Å²) in [6.07, 6.45) is 2.41. The first kappa shape index (κ1) is 20.2. The van der Waals surface area contributed by atoms with Gasteiger partial charge in [-0.05, 0) is 59.9 Å². The zero-order valence-corrected chi connectivity index (χ0v) is 15.9. The molecule has 0 aliphatic carbocycles. The van der Waals surface area contributed by atoms with E-state index >= 15 is 0 Å². The molecule has 0 spiro atoms. The number of nitrogens with zero attached hydrogens (tertiary/aromatic N) is 1. The van der Waals surface area contributed by atoms with Crippen molar-refractivity contribution < 1.29 is 14.3 Å². The van der Waals surface area contributed by atoms with Crippen LogP contribution in [0.25, 0.3) is 0 Å². The van der Waals surface area contributed by atoms with Gasteiger partial charge in [-0.25, -0.2) is 5.43 Å². The number of hydrogen-bond acceptors (Lipinski definition) is 4. The van der Waals surface area contributed by atoms with Gasteiger partial charge in [0.15, 0.2) is 0 Å². The van der Waals surface area contributed by atoms with Gasteiger partial charge in [-0.2, -0.15) is 5.10 Å². The van der Waals surface area contributed by atoms with Crippen LogP contribution in [0.4, 0.5) is 5.69 Å². The van der Waals surface area contributed by atoms with Gasteiger partial charge in [0, 0.05) is 5.69 Å². The van der Waals surface area contributed by atoms with Gasteiger partial charge in [-0.1, -0.05) is 32.9 Å². The molecule has 2 amide bonds. The molecule has 0 heterocycles. The summed E-state index contributed by atoms with van der Waals surface area (Å²) in [4.78, 5) is 23.7. The Hall–Kier alpha value is -3.15. The average molecular weight is 367 g/mol. The molecule has 0 aliphatic rings. The van der Waals surface area contributed by atoms with Crippen LogP contribution in [0.5, 0.6) is 5.75 Å². The molecule has 0 bridgehead atoms. The average Bonchev–Trinajstić information content (AvgIpc) is 2.67. The van der Waals surface area contributed by atoms with Crippen molar-refractivity contribution in [1.82, 2.24) is 5.43 Å². The number of ether oxygens (including phenoxy) is 1. The normalized spacial score (nSPS) is 10.8. The number of nitrogens with one attached hydrogen (secondary N) is 2. The summed E-state index contributed by atoms with van der Waals surface area (Å²) in [7, 11) is 0. The Morgan fingerprint density at radius 2 is 1.70 bits per heavy atom. The highest BCUT2D eigenvalue weighted by Crippen LogP contribution is 2.17. The number of hydrogen-bond donors (Lipinski definition) is 2. The molecule has 2 rings (SSSR count). The van der Waals surface area contributed by atoms with E-state index < -0.39 is 11.8 Å². The number of carbonyl (C=O) groups is 2. The van der Waals surface area contributed by atoms with Gasteiger partial charge in [0.1, 0.15) is 5.75 Å². The number of anilines is 1. The van der Waals surface area contributed by atoms with Crippen LogP contribution in [-0.2, 0) is 9.59 Å². The molecule has 0 aliphatic heterocycles. The highest BCUT2D eigenvalue weighted by molar-refractivity contribution is 6.39. The van der Waals surface area contributed by atoms with Crippen LogP contribution >= 0.6 is 0 Å². The predicted octanol–water partition coefficient (Wildman–Crippen LogP) is 3.69. The Bertz CT molecular complexity index is 781. The Labute approximate surface area is 159 Å². The van der Waals surface area contributed by atoms with Crippen molar-refractivity contribution in [2.45, 2.75) is 33.1 Å². The van der Waals surface area contributed by atoms with Crippen LogP contribution in [0.2, 0.25) is 0 Å². The monoisotopic (exact) mass is 367 g/mol. The van der Waals surface area contributed by atoms with E-state index in [1.807, 2.05) is 43.3 Å². The molecule has 0 radical (unpaired) electrons. The fraction of sp³-hybridized carbons (Fsp3) is 0.286. The highest BCUT2D eigenvalue weighted by atomic mass is 16.5. The maximum Gasteiger partial charge on any atom is 0.329 e. The minimum atomic E-state index is -0.831. The zero-order chi connectivity index (χ0) is 19.6. The maximum atomic E-state index is 11.9. The molecule has 2 N–H and O–H groups in total. The quantitative estimate of drug-likeness (QED) is 0.445. The first-order chi connectivity index (χ1) is 13.0. The number of amides is 2. The van der Waals surface area contributed by atoms with Crippen molar-refractivity contribution in [3.05, 3.63) is 59.7 Å². The molecule has 0 fully saturated rings. The molecule has 0 aromatic heterocycles. The summed E-state index contributed by atoms with van der Waals surface area (Å²) >= 11 is 0. The SMILES string of the molecule is CCCOc1ccc(/C=N\NC(=O)C(=O)Nc2ccc(C(C)C)cc2)cc1. The summed E-state index contributed by atoms with van der Waals surface area (Å²) in [6, 6.07) is 14.7. The standard InChI is InChI=1S/C21H25N3O3/c1-4-13-27-19-11-5-16(6-12-19)14-22-24-21(26)20(25)23-18-9-7-17(8-10-18)15(2)3/h5-12,14-15H,4,13H2,1-3H3,(H,23,25)(H,24,26)/b22-14-. The Morgan fingerprint density at radius 3 is 2.30 bits per heavy atom. The molecule has 0 atom stereocenters. The predicted molar refractivity (Wildman–Crippen MR) is 107 cm³/mol. The van der Waals surface area contributed by atoms with Gasteiger partial charge < -0.3 is 10.1 Å². The topological polar surface area (TPSA) is 79.8 Å². The van der Waals surface area contributed by atoms with Gasteiger partial charge in [-0.3, -0.25) is 9.59 Å². The second-order valence-corrected chi connectivity index (χ2v) is 6.35. The first-order valence-corrected chi connectivity index (χ1v) is 8.96. The van der Waals surface area contributed by atoms with Crippen molar-refractivity contribution in [1.29, 1.82) is 0 Å². The van der Waals surface area contributed by atoms with Crippen molar-refractivity contribution >= 4 is 23.7 Å². The lowest BCUT2D eigenvalue weighted by atomic mass is 10.0. The summed E-state index contributed by atoms with van der Waals surface area (Å²) in [6.45, 7) is 6.88. The van der Waals surface area contributed by atoms with E-state index in [1.165, 1.54) is 6.21 Å². The maximum absolute atomic E-state index is 11.9. The lowest BCUT2D eigenvalue weighted by Crippen LogP contribution is -2.32. The minimum absolute atomic E-state index is 0.402. The van der Waals surface area contributed by atoms with Gasteiger partial charge in [0.2, 0.25) is 0 Å². The van der Waals surface area contributed by atoms with Gasteiger partial charge in [-0.15, -0.1) is 0 Å². The third-order valence-electron chi connectivity index (χ3n) is 3.77. The molecular formula is C21H25N3O3. The van der Waals surface area contributed by atoms with Crippen LogP contribution < -0.4 is 15.5 Å². The molecule has 2 aromatic rings. The van der Waals surface area contributed by atoms with Gasteiger partial charge in [0.25, 0.3) is 0 Å². The molecule has 27 heavy (non-hydrogen) atoms. The fourth-order valence-electron chi connectivity index (χ4n) is 2.23. The summed E-state index contributed by atoms with van der Waals surface area (Å²) in [5, 5.41) is 6.35. The lowest BCUT2D eigenvalue weighted by molar-refractivity contribution is -0.136. The molecule has 0 unspecified atom stereocenters. The van der Waals surface area contributed by atoms with Crippen LogP contribution in [0, 0.1) is 0 Å². The largest absolute Gasteiger partial charge is 0.494 e. The summed E-state index contributed by atoms with van der Waals surface area (Å²) in [5.41, 5.74) is 4.72. The molecule has 6 heteroatoms. The second kappa shape index (κ2) is 10.1. The van der Waals surface area contributed by atoms with E-state index in [-0.39, 0.29) is 0 Å². The van der Waals surface area contributed by atoms with Crippen molar-refractivity contribution in [3.63, 3.8) is 0 Å². The molecule has 0 saturated carbocycles. The van der Waals surface area contributed by atoms with Gasteiger partial charge >= 0.3 is 11.8 Å². The number of hydrazone groups is 1. The van der Waals surface area contributed by atoms with E-state index in [1.54, 1.807) is 12.1 Å². The van der Waals surface area contributed by atoms with E-state index in [4.69, 9.17) is 4.74 Å². The highest BCUT2D eigenvalue weighted by Gasteiger charge is 2.12. The van der Waals surface area contributed by atoms with Crippen LogP contribution in [0.3, 0.4) is 0 Å². The zero-order valence-electron chi connectivity index (χ0n) is 15.9. The number of carbonyl (C=O) groups excluding carboxylic acids is 2. The third kappa shape index (κ3) is 6.58. The van der Waals surface area contributed by atoms with Crippen LogP contribution in [0.1, 0.15) is 44.2 Å². The molecular weight excluding hydrogens is 342 g/mol. The number of rotatable bonds is 7. The number of benzene rings is 2. The lowest BCUT2D eigenvalue weighted by Gasteiger charge is -2.07. The van der Waals surface area contributed by atoms with Crippen LogP contribution in [0.15, 0.2) is 53.6 Å². The molecule has 6 nitrogen and oxygen atoms in total. The van der Waals surface area contributed by atoms with Crippen LogP contribution in [-0.4, -0.2) is 24.6 Å². The Balaban J connectivity index is 1.83. The molecule has 142 valence electrons. The third-order valence-corrected chi connectivity index (χ3v) is 3.77. The van der Waals surface area contributed by atoms with Crippen molar-refractivity contribution in [2.75, 3.05) is 11.9 Å². The molecule has 0 saturated heterocycles. The van der Waals surface area contributed by atoms with E-state index in [9.17, 15) is 9.59 Å². The Kier molecular flexibility index (Phi) is 7.55. The van der Waals surface area contributed by atoms with E-state index in [2.05, 4.69) is 29.7 Å². The van der Waals surface area contributed by atoms with Crippen molar-refractivity contribution in [3.8, 4) is 5.75 Å². The second-order valence-electron chi connectivity index (χ2n) is 6.35.